The molecule has 1 aromatic carbocycles. The van der Waals surface area contributed by atoms with E-state index in [-0.39, 0.29) is 5.82 Å². The highest BCUT2D eigenvalue weighted by molar-refractivity contribution is 5.44. The van der Waals surface area contributed by atoms with Gasteiger partial charge in [0.05, 0.1) is 17.7 Å². The summed E-state index contributed by atoms with van der Waals surface area (Å²) in [7, 11) is 0. The summed E-state index contributed by atoms with van der Waals surface area (Å²) in [5.41, 5.74) is 4.06. The number of nitrogens with one attached hydrogen (secondary N) is 1. The van der Waals surface area contributed by atoms with Crippen LogP contribution < -0.4 is 5.32 Å². The Morgan fingerprint density at radius 3 is 2.90 bits per heavy atom. The molecule has 1 N–H and O–H groups in total. The largest absolute Gasteiger partial charge is 0.310 e. The summed E-state index contributed by atoms with van der Waals surface area (Å²) in [5.74, 6) is -0.154. The third-order valence-electron chi connectivity index (χ3n) is 4.07. The van der Waals surface area contributed by atoms with Crippen molar-refractivity contribution in [2.75, 3.05) is 0 Å². The van der Waals surface area contributed by atoms with E-state index in [1.165, 1.54) is 30.3 Å². The van der Waals surface area contributed by atoms with Crippen LogP contribution in [-0.2, 0) is 19.4 Å². The average molecular weight is 287 g/mol. The van der Waals surface area contributed by atoms with Crippen LogP contribution in [0.3, 0.4) is 0 Å². The van der Waals surface area contributed by atoms with Gasteiger partial charge in [0.1, 0.15) is 5.82 Å². The molecule has 0 spiro atoms. The standard InChI is InChI=1S/C17H22FN3/c1-12(2)19-10-13-14(18)6-5-9-16(13)21-11-20-15-7-3-4-8-17(15)21/h5-6,9,11-12,19H,3-4,7-8,10H2,1-2H3. The Morgan fingerprint density at radius 2 is 2.10 bits per heavy atom. The van der Waals surface area contributed by atoms with E-state index in [0.717, 1.165) is 24.1 Å². The van der Waals surface area contributed by atoms with Crippen molar-refractivity contribution in [2.24, 2.45) is 0 Å². The van der Waals surface area contributed by atoms with Crippen LogP contribution in [0, 0.1) is 5.82 Å². The minimum absolute atomic E-state index is 0.154. The summed E-state index contributed by atoms with van der Waals surface area (Å²) < 4.78 is 16.3. The van der Waals surface area contributed by atoms with Crippen molar-refractivity contribution in [1.29, 1.82) is 0 Å². The van der Waals surface area contributed by atoms with E-state index in [9.17, 15) is 4.39 Å². The van der Waals surface area contributed by atoms with Crippen molar-refractivity contribution < 1.29 is 4.39 Å². The number of aryl methyl sites for hydroxylation is 1. The van der Waals surface area contributed by atoms with E-state index in [1.807, 2.05) is 12.4 Å². The third kappa shape index (κ3) is 2.86. The molecule has 1 aliphatic carbocycles. The molecule has 3 nitrogen and oxygen atoms in total. The van der Waals surface area contributed by atoms with Gasteiger partial charge in [0, 0.05) is 23.8 Å². The molecule has 0 saturated heterocycles. The fourth-order valence-corrected chi connectivity index (χ4v) is 2.93. The molecule has 3 rings (SSSR count). The van der Waals surface area contributed by atoms with Gasteiger partial charge in [0.15, 0.2) is 0 Å². The number of imidazole rings is 1. The Hall–Kier alpha value is -1.68. The third-order valence-corrected chi connectivity index (χ3v) is 4.07. The second-order valence-electron chi connectivity index (χ2n) is 5.99. The molecule has 1 aromatic heterocycles. The topological polar surface area (TPSA) is 29.9 Å². The van der Waals surface area contributed by atoms with Crippen LogP contribution in [0.25, 0.3) is 5.69 Å². The van der Waals surface area contributed by atoms with Crippen LogP contribution in [0.4, 0.5) is 4.39 Å². The number of aromatic nitrogens is 2. The zero-order valence-corrected chi connectivity index (χ0v) is 12.7. The van der Waals surface area contributed by atoms with Crippen molar-refractivity contribution in [3.8, 4) is 5.69 Å². The Balaban J connectivity index is 2.02. The second kappa shape index (κ2) is 5.98. The summed E-state index contributed by atoms with van der Waals surface area (Å²) in [6.07, 6.45) is 6.31. The molecule has 0 saturated carbocycles. The first kappa shape index (κ1) is 14.3. The average Bonchev–Trinajstić information content (AvgIpc) is 2.89. The van der Waals surface area contributed by atoms with Crippen molar-refractivity contribution in [3.63, 3.8) is 0 Å². The van der Waals surface area contributed by atoms with Crippen molar-refractivity contribution in [1.82, 2.24) is 14.9 Å². The summed E-state index contributed by atoms with van der Waals surface area (Å²) in [6, 6.07) is 5.62. The molecule has 0 unspecified atom stereocenters. The molecule has 0 atom stereocenters. The van der Waals surface area contributed by atoms with Crippen LogP contribution in [0.5, 0.6) is 0 Å². The van der Waals surface area contributed by atoms with Crippen LogP contribution in [0.15, 0.2) is 24.5 Å². The van der Waals surface area contributed by atoms with Gasteiger partial charge in [-0.1, -0.05) is 19.9 Å². The summed E-state index contributed by atoms with van der Waals surface area (Å²) in [5, 5.41) is 3.31. The number of rotatable bonds is 4. The molecule has 1 heterocycles. The van der Waals surface area contributed by atoms with Gasteiger partial charge in [0.25, 0.3) is 0 Å². The normalized spacial score (nSPS) is 14.5. The van der Waals surface area contributed by atoms with E-state index in [4.69, 9.17) is 0 Å². The fourth-order valence-electron chi connectivity index (χ4n) is 2.93. The van der Waals surface area contributed by atoms with E-state index in [0.29, 0.717) is 12.6 Å². The zero-order valence-electron chi connectivity index (χ0n) is 12.7. The monoisotopic (exact) mass is 287 g/mol. The molecule has 0 aliphatic heterocycles. The number of hydrogen-bond acceptors (Lipinski definition) is 2. The molecule has 0 amide bonds. The highest BCUT2D eigenvalue weighted by atomic mass is 19.1. The van der Waals surface area contributed by atoms with E-state index in [2.05, 4.69) is 28.7 Å². The second-order valence-corrected chi connectivity index (χ2v) is 5.99. The zero-order chi connectivity index (χ0) is 14.8. The molecule has 112 valence electrons. The van der Waals surface area contributed by atoms with Gasteiger partial charge in [-0.05, 0) is 37.8 Å². The minimum atomic E-state index is -0.154. The first-order valence-corrected chi connectivity index (χ1v) is 7.73. The van der Waals surface area contributed by atoms with Gasteiger partial charge in [-0.25, -0.2) is 9.37 Å². The molecule has 0 fully saturated rings. The van der Waals surface area contributed by atoms with Crippen molar-refractivity contribution in [3.05, 3.63) is 47.3 Å². The molecular formula is C17H22FN3. The van der Waals surface area contributed by atoms with Crippen LogP contribution in [0.2, 0.25) is 0 Å². The Bertz CT molecular complexity index is 631. The van der Waals surface area contributed by atoms with Gasteiger partial charge < -0.3 is 9.88 Å². The van der Waals surface area contributed by atoms with E-state index in [1.54, 1.807) is 6.07 Å². The number of benzene rings is 1. The van der Waals surface area contributed by atoms with Crippen LogP contribution in [0.1, 0.15) is 43.6 Å². The fraction of sp³-hybridized carbons (Fsp3) is 0.471. The number of halogens is 1. The molecule has 21 heavy (non-hydrogen) atoms. The molecule has 0 bridgehead atoms. The molecule has 0 radical (unpaired) electrons. The highest BCUT2D eigenvalue weighted by Gasteiger charge is 2.18. The lowest BCUT2D eigenvalue weighted by atomic mass is 10.0. The molecular weight excluding hydrogens is 265 g/mol. The first-order valence-electron chi connectivity index (χ1n) is 7.73. The summed E-state index contributed by atoms with van der Waals surface area (Å²) in [4.78, 5) is 4.52. The lowest BCUT2D eigenvalue weighted by Gasteiger charge is -2.18. The van der Waals surface area contributed by atoms with Gasteiger partial charge >= 0.3 is 0 Å². The number of nitrogens with zero attached hydrogens (tertiary/aromatic N) is 2. The van der Waals surface area contributed by atoms with Gasteiger partial charge in [-0.2, -0.15) is 0 Å². The number of fused-ring (bicyclic) bond motifs is 1. The SMILES string of the molecule is CC(C)NCc1c(F)cccc1-n1cnc2c1CCCC2. The van der Waals surface area contributed by atoms with E-state index < -0.39 is 0 Å². The highest BCUT2D eigenvalue weighted by Crippen LogP contribution is 2.26. The number of hydrogen-bond donors (Lipinski definition) is 1. The summed E-state index contributed by atoms with van der Waals surface area (Å²) in [6.45, 7) is 4.67. The maximum Gasteiger partial charge on any atom is 0.129 e. The Morgan fingerprint density at radius 1 is 1.29 bits per heavy atom. The lowest BCUT2D eigenvalue weighted by Crippen LogP contribution is -2.23. The smallest absolute Gasteiger partial charge is 0.129 e. The van der Waals surface area contributed by atoms with Gasteiger partial charge in [-0.15, -0.1) is 0 Å². The van der Waals surface area contributed by atoms with E-state index >= 15 is 0 Å². The lowest BCUT2D eigenvalue weighted by molar-refractivity contribution is 0.550. The van der Waals surface area contributed by atoms with Crippen molar-refractivity contribution in [2.45, 2.75) is 52.1 Å². The van der Waals surface area contributed by atoms with Gasteiger partial charge in [0.2, 0.25) is 0 Å². The minimum Gasteiger partial charge on any atom is -0.310 e. The molecule has 1 aliphatic rings. The van der Waals surface area contributed by atoms with Crippen LogP contribution in [-0.4, -0.2) is 15.6 Å². The first-order chi connectivity index (χ1) is 10.2. The quantitative estimate of drug-likeness (QED) is 0.934. The van der Waals surface area contributed by atoms with Crippen LogP contribution >= 0.6 is 0 Å². The predicted octanol–water partition coefficient (Wildman–Crippen LogP) is 3.39. The summed E-state index contributed by atoms with van der Waals surface area (Å²) >= 11 is 0. The maximum absolute atomic E-state index is 14.3. The molecule has 2 aromatic rings. The predicted molar refractivity (Wildman–Crippen MR) is 82.1 cm³/mol. The van der Waals surface area contributed by atoms with Gasteiger partial charge in [-0.3, -0.25) is 0 Å². The Labute approximate surface area is 125 Å². The Kier molecular flexibility index (Phi) is 4.06. The van der Waals surface area contributed by atoms with Crippen molar-refractivity contribution >= 4 is 0 Å². The molecule has 4 heteroatoms. The maximum atomic E-state index is 14.3.